The van der Waals surface area contributed by atoms with Crippen LogP contribution in [0, 0.1) is 5.41 Å². The molecule has 2 heteroatoms. The van der Waals surface area contributed by atoms with Crippen molar-refractivity contribution in [3.63, 3.8) is 0 Å². The quantitative estimate of drug-likeness (QED) is 0.608. The standard InChI is InChI=1S/C10H18O2/c1-4-8-7-10(5-2,6-3)9(11)12-8/h8H,4-7H2,1-3H3. The molecule has 1 aliphatic rings. The lowest BCUT2D eigenvalue weighted by Crippen LogP contribution is -2.24. The van der Waals surface area contributed by atoms with Crippen molar-refractivity contribution in [1.29, 1.82) is 0 Å². The molecule has 0 spiro atoms. The van der Waals surface area contributed by atoms with Crippen LogP contribution in [0.3, 0.4) is 0 Å². The Morgan fingerprint density at radius 2 is 2.00 bits per heavy atom. The second-order valence-electron chi connectivity index (χ2n) is 3.63. The van der Waals surface area contributed by atoms with E-state index < -0.39 is 0 Å². The predicted molar refractivity (Wildman–Crippen MR) is 47.8 cm³/mol. The normalized spacial score (nSPS) is 27.2. The fourth-order valence-electron chi connectivity index (χ4n) is 1.89. The second-order valence-corrected chi connectivity index (χ2v) is 3.63. The van der Waals surface area contributed by atoms with Crippen molar-refractivity contribution in [2.45, 2.75) is 52.6 Å². The summed E-state index contributed by atoms with van der Waals surface area (Å²) >= 11 is 0. The summed E-state index contributed by atoms with van der Waals surface area (Å²) in [4.78, 5) is 11.5. The van der Waals surface area contributed by atoms with Crippen LogP contribution in [-0.4, -0.2) is 12.1 Å². The number of carbonyl (C=O) groups excluding carboxylic acids is 1. The van der Waals surface area contributed by atoms with Gasteiger partial charge in [-0.1, -0.05) is 20.8 Å². The van der Waals surface area contributed by atoms with Gasteiger partial charge in [-0.05, 0) is 19.3 Å². The van der Waals surface area contributed by atoms with Crippen LogP contribution in [0.15, 0.2) is 0 Å². The summed E-state index contributed by atoms with van der Waals surface area (Å²) in [5, 5.41) is 0. The minimum Gasteiger partial charge on any atom is -0.462 e. The summed E-state index contributed by atoms with van der Waals surface area (Å²) in [5.74, 6) is 0.0272. The van der Waals surface area contributed by atoms with Gasteiger partial charge in [-0.15, -0.1) is 0 Å². The van der Waals surface area contributed by atoms with Crippen LogP contribution in [0.1, 0.15) is 46.5 Å². The van der Waals surface area contributed by atoms with Gasteiger partial charge in [0.05, 0.1) is 5.41 Å². The predicted octanol–water partition coefficient (Wildman–Crippen LogP) is 2.52. The maximum absolute atomic E-state index is 11.5. The fourth-order valence-corrected chi connectivity index (χ4v) is 1.89. The minimum absolute atomic E-state index is 0.0272. The summed E-state index contributed by atoms with van der Waals surface area (Å²) < 4.78 is 5.27. The molecule has 0 N–H and O–H groups in total. The maximum atomic E-state index is 11.5. The van der Waals surface area contributed by atoms with E-state index in [1.807, 2.05) is 0 Å². The number of hydrogen-bond acceptors (Lipinski definition) is 2. The molecule has 2 nitrogen and oxygen atoms in total. The highest BCUT2D eigenvalue weighted by Crippen LogP contribution is 2.40. The molecule has 0 radical (unpaired) electrons. The van der Waals surface area contributed by atoms with E-state index in [9.17, 15) is 4.79 Å². The molecule has 12 heavy (non-hydrogen) atoms. The summed E-state index contributed by atoms with van der Waals surface area (Å²) in [6.07, 6.45) is 3.89. The van der Waals surface area contributed by atoms with Crippen molar-refractivity contribution in [2.24, 2.45) is 5.41 Å². The van der Waals surface area contributed by atoms with Gasteiger partial charge in [0, 0.05) is 6.42 Å². The zero-order chi connectivity index (χ0) is 9.19. The Balaban J connectivity index is 2.72. The first-order chi connectivity index (χ1) is 5.68. The molecule has 0 aromatic carbocycles. The molecule has 70 valence electrons. The molecule has 0 saturated carbocycles. The Morgan fingerprint density at radius 1 is 1.42 bits per heavy atom. The molecule has 1 atom stereocenters. The van der Waals surface area contributed by atoms with Gasteiger partial charge >= 0.3 is 5.97 Å². The molecule has 1 unspecified atom stereocenters. The van der Waals surface area contributed by atoms with Crippen LogP contribution in [0.4, 0.5) is 0 Å². The van der Waals surface area contributed by atoms with E-state index in [1.54, 1.807) is 0 Å². The van der Waals surface area contributed by atoms with Crippen molar-refractivity contribution in [1.82, 2.24) is 0 Å². The smallest absolute Gasteiger partial charge is 0.312 e. The van der Waals surface area contributed by atoms with E-state index in [-0.39, 0.29) is 17.5 Å². The van der Waals surface area contributed by atoms with E-state index >= 15 is 0 Å². The highest BCUT2D eigenvalue weighted by Gasteiger charge is 2.45. The van der Waals surface area contributed by atoms with Crippen LogP contribution in [0.25, 0.3) is 0 Å². The zero-order valence-corrected chi connectivity index (χ0v) is 8.22. The first-order valence-corrected chi connectivity index (χ1v) is 4.89. The monoisotopic (exact) mass is 170 g/mol. The summed E-state index contributed by atoms with van der Waals surface area (Å²) in [6.45, 7) is 6.21. The van der Waals surface area contributed by atoms with Gasteiger partial charge < -0.3 is 4.74 Å². The van der Waals surface area contributed by atoms with Crippen molar-refractivity contribution in [3.8, 4) is 0 Å². The molecule has 1 aliphatic heterocycles. The van der Waals surface area contributed by atoms with Gasteiger partial charge in [0.15, 0.2) is 0 Å². The molecule has 0 aromatic heterocycles. The van der Waals surface area contributed by atoms with Gasteiger partial charge in [0.2, 0.25) is 0 Å². The van der Waals surface area contributed by atoms with Crippen molar-refractivity contribution >= 4 is 5.97 Å². The van der Waals surface area contributed by atoms with Crippen molar-refractivity contribution < 1.29 is 9.53 Å². The van der Waals surface area contributed by atoms with Gasteiger partial charge in [0.25, 0.3) is 0 Å². The summed E-state index contributed by atoms with van der Waals surface area (Å²) in [7, 11) is 0. The summed E-state index contributed by atoms with van der Waals surface area (Å²) in [6, 6.07) is 0. The Hall–Kier alpha value is -0.530. The number of cyclic esters (lactones) is 1. The van der Waals surface area contributed by atoms with Crippen LogP contribution in [0.5, 0.6) is 0 Å². The topological polar surface area (TPSA) is 26.3 Å². The average Bonchev–Trinajstić information content (AvgIpc) is 2.43. The zero-order valence-electron chi connectivity index (χ0n) is 8.22. The lowest BCUT2D eigenvalue weighted by molar-refractivity contribution is -0.149. The number of rotatable bonds is 3. The van der Waals surface area contributed by atoms with Crippen LogP contribution in [-0.2, 0) is 9.53 Å². The molecular formula is C10H18O2. The summed E-state index contributed by atoms with van der Waals surface area (Å²) in [5.41, 5.74) is -0.152. The molecular weight excluding hydrogens is 152 g/mol. The Labute approximate surface area is 74.3 Å². The third-order valence-electron chi connectivity index (χ3n) is 3.13. The van der Waals surface area contributed by atoms with E-state index in [0.717, 1.165) is 25.7 Å². The second kappa shape index (κ2) is 3.46. The Kier molecular flexibility index (Phi) is 2.76. The first kappa shape index (κ1) is 9.56. The Bertz CT molecular complexity index is 171. The van der Waals surface area contributed by atoms with Crippen molar-refractivity contribution in [3.05, 3.63) is 0 Å². The lowest BCUT2D eigenvalue weighted by atomic mass is 9.79. The van der Waals surface area contributed by atoms with Gasteiger partial charge in [-0.3, -0.25) is 4.79 Å². The molecule has 0 amide bonds. The third kappa shape index (κ3) is 1.35. The highest BCUT2D eigenvalue weighted by molar-refractivity contribution is 5.78. The van der Waals surface area contributed by atoms with E-state index in [0.29, 0.717) is 0 Å². The van der Waals surface area contributed by atoms with E-state index in [1.165, 1.54) is 0 Å². The molecule has 0 aromatic rings. The van der Waals surface area contributed by atoms with Gasteiger partial charge in [0.1, 0.15) is 6.10 Å². The fraction of sp³-hybridized carbons (Fsp3) is 0.900. The molecule has 1 rings (SSSR count). The minimum atomic E-state index is -0.152. The number of carbonyl (C=O) groups is 1. The molecule has 0 bridgehead atoms. The Morgan fingerprint density at radius 3 is 2.25 bits per heavy atom. The number of hydrogen-bond donors (Lipinski definition) is 0. The first-order valence-electron chi connectivity index (χ1n) is 4.89. The average molecular weight is 170 g/mol. The molecule has 1 fully saturated rings. The maximum Gasteiger partial charge on any atom is 0.312 e. The van der Waals surface area contributed by atoms with Crippen LogP contribution in [0.2, 0.25) is 0 Å². The van der Waals surface area contributed by atoms with Gasteiger partial charge in [-0.25, -0.2) is 0 Å². The van der Waals surface area contributed by atoms with E-state index in [4.69, 9.17) is 4.74 Å². The molecule has 1 saturated heterocycles. The lowest BCUT2D eigenvalue weighted by Gasteiger charge is -2.19. The van der Waals surface area contributed by atoms with Crippen molar-refractivity contribution in [2.75, 3.05) is 0 Å². The van der Waals surface area contributed by atoms with Crippen LogP contribution >= 0.6 is 0 Å². The number of esters is 1. The van der Waals surface area contributed by atoms with Crippen LogP contribution < -0.4 is 0 Å². The molecule has 0 aliphatic carbocycles. The number of ether oxygens (including phenoxy) is 1. The third-order valence-corrected chi connectivity index (χ3v) is 3.13. The SMILES string of the molecule is CCC1CC(CC)(CC)C(=O)O1. The van der Waals surface area contributed by atoms with Gasteiger partial charge in [-0.2, -0.15) is 0 Å². The van der Waals surface area contributed by atoms with E-state index in [2.05, 4.69) is 20.8 Å². The highest BCUT2D eigenvalue weighted by atomic mass is 16.6. The molecule has 1 heterocycles. The largest absolute Gasteiger partial charge is 0.462 e.